The molecule has 0 bridgehead atoms. The summed E-state index contributed by atoms with van der Waals surface area (Å²) >= 11 is 6.38. The lowest BCUT2D eigenvalue weighted by Gasteiger charge is -2.18. The van der Waals surface area contributed by atoms with Gasteiger partial charge in [-0.2, -0.15) is 0 Å². The highest BCUT2D eigenvalue weighted by molar-refractivity contribution is 7.89. The summed E-state index contributed by atoms with van der Waals surface area (Å²) < 4.78 is 29.2. The van der Waals surface area contributed by atoms with Crippen LogP contribution >= 0.6 is 11.6 Å². The van der Waals surface area contributed by atoms with Gasteiger partial charge in [-0.3, -0.25) is 0 Å². The van der Waals surface area contributed by atoms with E-state index in [1.54, 1.807) is 12.1 Å². The molecule has 2 aromatic rings. The van der Waals surface area contributed by atoms with Crippen molar-refractivity contribution < 1.29 is 22.7 Å². The van der Waals surface area contributed by atoms with Crippen LogP contribution in [0.5, 0.6) is 0 Å². The van der Waals surface area contributed by atoms with Gasteiger partial charge < -0.3 is 14.8 Å². The number of furan rings is 1. The third-order valence-corrected chi connectivity index (χ3v) is 6.14. The van der Waals surface area contributed by atoms with Crippen LogP contribution in [-0.4, -0.2) is 19.5 Å². The van der Waals surface area contributed by atoms with Crippen molar-refractivity contribution in [3.63, 3.8) is 0 Å². The van der Waals surface area contributed by atoms with Gasteiger partial charge in [0.1, 0.15) is 10.7 Å². The fourth-order valence-electron chi connectivity index (χ4n) is 3.17. The minimum absolute atomic E-state index is 0.0343. The molecule has 4 N–H and O–H groups in total. The molecular weight excluding hydrogens is 416 g/mol. The highest BCUT2D eigenvalue weighted by Crippen LogP contribution is 2.36. The van der Waals surface area contributed by atoms with Gasteiger partial charge in [-0.1, -0.05) is 50.6 Å². The number of rotatable bonds is 12. The number of carbonyl (C=O) groups is 1. The molecule has 1 aromatic heterocycles. The minimum atomic E-state index is -4.17. The van der Waals surface area contributed by atoms with Crippen molar-refractivity contribution in [2.24, 2.45) is 5.14 Å². The van der Waals surface area contributed by atoms with Gasteiger partial charge in [-0.25, -0.2) is 18.4 Å². The maximum Gasteiger partial charge on any atom is 0.337 e. The van der Waals surface area contributed by atoms with Crippen LogP contribution in [0.25, 0.3) is 0 Å². The summed E-state index contributed by atoms with van der Waals surface area (Å²) in [5, 5.41) is 17.9. The van der Waals surface area contributed by atoms with Gasteiger partial charge in [-0.05, 0) is 36.6 Å². The first-order chi connectivity index (χ1) is 13.8. The number of nitrogens with two attached hydrogens (primary N) is 1. The molecule has 0 radical (unpaired) electrons. The first-order valence-electron chi connectivity index (χ1n) is 9.63. The number of carboxylic acids is 1. The van der Waals surface area contributed by atoms with Crippen molar-refractivity contribution >= 4 is 33.3 Å². The van der Waals surface area contributed by atoms with Gasteiger partial charge in [0.2, 0.25) is 10.0 Å². The molecule has 0 amide bonds. The van der Waals surface area contributed by atoms with E-state index in [1.165, 1.54) is 12.7 Å². The SMILES string of the molecule is CCCCCCCCc1c(Cl)c(S(N)(=O)=O)cc(C(=O)O)c1NCc1ccco1. The van der Waals surface area contributed by atoms with Crippen molar-refractivity contribution in [3.05, 3.63) is 46.4 Å². The molecule has 1 aromatic carbocycles. The number of hydrogen-bond acceptors (Lipinski definition) is 5. The molecule has 0 saturated heterocycles. The summed E-state index contributed by atoms with van der Waals surface area (Å²) in [4.78, 5) is 11.5. The summed E-state index contributed by atoms with van der Waals surface area (Å²) in [5.41, 5.74) is 0.545. The largest absolute Gasteiger partial charge is 0.478 e. The number of unbranched alkanes of at least 4 members (excludes halogenated alkanes) is 5. The van der Waals surface area contributed by atoms with E-state index >= 15 is 0 Å². The lowest BCUT2D eigenvalue weighted by molar-refractivity contribution is 0.0697. The molecular formula is C20H27ClN2O5S. The van der Waals surface area contributed by atoms with Crippen LogP contribution in [0.1, 0.15) is 67.1 Å². The van der Waals surface area contributed by atoms with E-state index in [-0.39, 0.29) is 22.0 Å². The number of hydrogen-bond donors (Lipinski definition) is 3. The van der Waals surface area contributed by atoms with E-state index in [4.69, 9.17) is 21.2 Å². The van der Waals surface area contributed by atoms with Crippen molar-refractivity contribution in [2.45, 2.75) is 63.3 Å². The molecule has 9 heteroatoms. The van der Waals surface area contributed by atoms with Crippen LogP contribution in [0.15, 0.2) is 33.8 Å². The zero-order valence-corrected chi connectivity index (χ0v) is 18.0. The lowest BCUT2D eigenvalue weighted by Crippen LogP contribution is -2.17. The molecule has 0 spiro atoms. The maximum absolute atomic E-state index is 11.9. The average molecular weight is 443 g/mol. The molecule has 0 saturated carbocycles. The molecule has 29 heavy (non-hydrogen) atoms. The third kappa shape index (κ3) is 6.48. The van der Waals surface area contributed by atoms with Gasteiger partial charge in [-0.15, -0.1) is 0 Å². The molecule has 0 aliphatic carbocycles. The summed E-state index contributed by atoms with van der Waals surface area (Å²) in [6.07, 6.45) is 8.15. The second-order valence-corrected chi connectivity index (χ2v) is 8.80. The summed E-state index contributed by atoms with van der Waals surface area (Å²) in [6.45, 7) is 2.38. The molecule has 7 nitrogen and oxygen atoms in total. The monoisotopic (exact) mass is 442 g/mol. The Labute approximate surface area is 176 Å². The first-order valence-corrected chi connectivity index (χ1v) is 11.6. The Balaban J connectivity index is 2.37. The number of anilines is 1. The Hall–Kier alpha value is -2.03. The molecule has 0 unspecified atom stereocenters. The minimum Gasteiger partial charge on any atom is -0.478 e. The zero-order chi connectivity index (χ0) is 21.4. The van der Waals surface area contributed by atoms with Gasteiger partial charge in [0, 0.05) is 0 Å². The predicted octanol–water partition coefficient (Wildman–Crippen LogP) is 4.79. The van der Waals surface area contributed by atoms with Crippen LogP contribution in [0, 0.1) is 0 Å². The fourth-order valence-corrected chi connectivity index (χ4v) is 4.39. The van der Waals surface area contributed by atoms with E-state index in [1.807, 2.05) is 0 Å². The predicted molar refractivity (Wildman–Crippen MR) is 113 cm³/mol. The number of nitrogens with one attached hydrogen (secondary N) is 1. The standard InChI is InChI=1S/C20H27ClN2O5S/c1-2-3-4-5-6-7-10-15-18(21)17(29(22,26)27)12-16(20(24)25)19(15)23-13-14-9-8-11-28-14/h8-9,11-12,23H,2-7,10,13H2,1H3,(H,24,25)(H2,22,26,27). The van der Waals surface area contributed by atoms with Crippen molar-refractivity contribution in [3.8, 4) is 0 Å². The third-order valence-electron chi connectivity index (χ3n) is 4.66. The highest BCUT2D eigenvalue weighted by Gasteiger charge is 2.25. The summed E-state index contributed by atoms with van der Waals surface area (Å²) in [6, 6.07) is 4.49. The number of aromatic carboxylic acids is 1. The second kappa shape index (κ2) is 10.7. The van der Waals surface area contributed by atoms with E-state index in [9.17, 15) is 18.3 Å². The number of primary sulfonamides is 1. The molecule has 2 rings (SSSR count). The van der Waals surface area contributed by atoms with Crippen LogP contribution in [0.4, 0.5) is 5.69 Å². The maximum atomic E-state index is 11.9. The topological polar surface area (TPSA) is 123 Å². The lowest BCUT2D eigenvalue weighted by atomic mass is 10.00. The number of benzene rings is 1. The Morgan fingerprint density at radius 1 is 1.24 bits per heavy atom. The Morgan fingerprint density at radius 3 is 2.52 bits per heavy atom. The first kappa shape index (κ1) is 23.3. The molecule has 0 atom stereocenters. The van der Waals surface area contributed by atoms with Crippen LogP contribution in [0.3, 0.4) is 0 Å². The van der Waals surface area contributed by atoms with E-state index < -0.39 is 16.0 Å². The van der Waals surface area contributed by atoms with Gasteiger partial charge in [0.15, 0.2) is 0 Å². The normalized spacial score (nSPS) is 11.6. The second-order valence-electron chi connectivity index (χ2n) is 6.89. The molecule has 0 fully saturated rings. The molecule has 160 valence electrons. The number of sulfonamides is 1. The van der Waals surface area contributed by atoms with E-state index in [0.717, 1.165) is 38.2 Å². The average Bonchev–Trinajstić information content (AvgIpc) is 3.16. The number of halogens is 1. The molecule has 0 aliphatic heterocycles. The van der Waals surface area contributed by atoms with Crippen molar-refractivity contribution in [1.82, 2.24) is 0 Å². The molecule has 1 heterocycles. The fraction of sp³-hybridized carbons (Fsp3) is 0.450. The molecule has 0 aliphatic rings. The summed E-state index contributed by atoms with van der Waals surface area (Å²) in [5.74, 6) is -0.656. The van der Waals surface area contributed by atoms with Crippen molar-refractivity contribution in [2.75, 3.05) is 5.32 Å². The van der Waals surface area contributed by atoms with Crippen LogP contribution in [0.2, 0.25) is 5.02 Å². The Kier molecular flexibility index (Phi) is 8.55. The smallest absolute Gasteiger partial charge is 0.337 e. The van der Waals surface area contributed by atoms with Crippen molar-refractivity contribution in [1.29, 1.82) is 0 Å². The highest BCUT2D eigenvalue weighted by atomic mass is 35.5. The zero-order valence-electron chi connectivity index (χ0n) is 16.4. The Morgan fingerprint density at radius 2 is 1.93 bits per heavy atom. The quantitative estimate of drug-likeness (QED) is 0.406. The Bertz CT molecular complexity index is 927. The van der Waals surface area contributed by atoms with Crippen LogP contribution < -0.4 is 10.5 Å². The van der Waals surface area contributed by atoms with Gasteiger partial charge in [0.05, 0.1) is 29.1 Å². The number of carboxylic acid groups (broad SMARTS) is 1. The van der Waals surface area contributed by atoms with Gasteiger partial charge >= 0.3 is 5.97 Å². The van der Waals surface area contributed by atoms with E-state index in [0.29, 0.717) is 23.4 Å². The van der Waals surface area contributed by atoms with Crippen LogP contribution in [-0.2, 0) is 23.0 Å². The van der Waals surface area contributed by atoms with Gasteiger partial charge in [0.25, 0.3) is 0 Å². The van der Waals surface area contributed by atoms with E-state index in [2.05, 4.69) is 12.2 Å². The summed E-state index contributed by atoms with van der Waals surface area (Å²) in [7, 11) is -4.17.